The molecule has 4 rings (SSSR count). The normalized spacial score (nSPS) is 16.1. The topological polar surface area (TPSA) is 73.7 Å². The number of rotatable bonds is 8. The number of halogens is 1. The molecule has 1 aromatic heterocycles. The minimum absolute atomic E-state index is 0.0354. The van der Waals surface area contributed by atoms with E-state index in [0.717, 1.165) is 12.1 Å². The Labute approximate surface area is 202 Å². The number of aryl methyl sites for hydroxylation is 1. The number of nitrogens with zero attached hydrogens (tertiary/aromatic N) is 3. The van der Waals surface area contributed by atoms with E-state index in [-0.39, 0.29) is 5.57 Å². The minimum atomic E-state index is -0.875. The molecule has 6 nitrogen and oxygen atoms in total. The van der Waals surface area contributed by atoms with Gasteiger partial charge in [-0.3, -0.25) is 9.59 Å². The van der Waals surface area contributed by atoms with Gasteiger partial charge in [-0.05, 0) is 51.7 Å². The Kier molecular flexibility index (Phi) is 6.90. The van der Waals surface area contributed by atoms with E-state index < -0.39 is 29.3 Å². The van der Waals surface area contributed by atoms with Gasteiger partial charge in [0.05, 0.1) is 22.2 Å². The molecule has 0 radical (unpaired) electrons. The number of ketones is 1. The van der Waals surface area contributed by atoms with Gasteiger partial charge in [-0.15, -0.1) is 11.3 Å². The molecule has 0 bridgehead atoms. The molecule has 2 aromatic carbocycles. The van der Waals surface area contributed by atoms with E-state index in [1.54, 1.807) is 13.0 Å². The number of hydrogen-bond acceptors (Lipinski definition) is 6. The van der Waals surface area contributed by atoms with E-state index in [2.05, 4.69) is 4.98 Å². The smallest absolute Gasteiger partial charge is 0.290 e. The highest BCUT2D eigenvalue weighted by molar-refractivity contribution is 7.17. The zero-order valence-electron chi connectivity index (χ0n) is 19.3. The van der Waals surface area contributed by atoms with Gasteiger partial charge >= 0.3 is 0 Å². The van der Waals surface area contributed by atoms with Crippen molar-refractivity contribution in [1.29, 1.82) is 0 Å². The van der Waals surface area contributed by atoms with E-state index in [4.69, 9.17) is 0 Å². The van der Waals surface area contributed by atoms with Gasteiger partial charge < -0.3 is 14.9 Å². The molecule has 34 heavy (non-hydrogen) atoms. The van der Waals surface area contributed by atoms with Crippen molar-refractivity contribution in [2.75, 3.05) is 27.2 Å². The monoisotopic (exact) mass is 479 g/mol. The predicted octanol–water partition coefficient (Wildman–Crippen LogP) is 4.79. The van der Waals surface area contributed by atoms with E-state index in [1.807, 2.05) is 49.3 Å². The van der Waals surface area contributed by atoms with Gasteiger partial charge in [-0.25, -0.2) is 9.37 Å². The van der Waals surface area contributed by atoms with Gasteiger partial charge in [0.25, 0.3) is 5.91 Å². The predicted molar refractivity (Wildman–Crippen MR) is 130 cm³/mol. The van der Waals surface area contributed by atoms with Gasteiger partial charge in [-0.2, -0.15) is 0 Å². The van der Waals surface area contributed by atoms with Gasteiger partial charge in [-0.1, -0.05) is 42.5 Å². The van der Waals surface area contributed by atoms with Crippen LogP contribution in [-0.4, -0.2) is 58.8 Å². The van der Waals surface area contributed by atoms with E-state index in [1.165, 1.54) is 34.4 Å². The molecule has 176 valence electrons. The first-order valence-corrected chi connectivity index (χ1v) is 11.8. The van der Waals surface area contributed by atoms with Crippen molar-refractivity contribution in [2.24, 2.45) is 0 Å². The highest BCUT2D eigenvalue weighted by Crippen LogP contribution is 2.41. The third-order valence-corrected chi connectivity index (χ3v) is 6.95. The molecule has 8 heteroatoms. The summed E-state index contributed by atoms with van der Waals surface area (Å²) in [6.07, 6.45) is 0.636. The zero-order valence-corrected chi connectivity index (χ0v) is 20.1. The Morgan fingerprint density at radius 1 is 1.18 bits per heavy atom. The summed E-state index contributed by atoms with van der Waals surface area (Å²) in [6.45, 7) is 2.77. The van der Waals surface area contributed by atoms with Crippen LogP contribution in [0.4, 0.5) is 4.39 Å². The molecule has 1 N–H and O–H groups in total. The lowest BCUT2D eigenvalue weighted by Crippen LogP contribution is -2.33. The van der Waals surface area contributed by atoms with E-state index >= 15 is 0 Å². The minimum Gasteiger partial charge on any atom is -0.503 e. The van der Waals surface area contributed by atoms with E-state index in [0.29, 0.717) is 34.1 Å². The summed E-state index contributed by atoms with van der Waals surface area (Å²) in [6, 6.07) is 14.4. The number of carbonyl (C=O) groups excluding carboxylic acids is 2. The molecule has 3 aromatic rings. The Hall–Kier alpha value is -3.36. The lowest BCUT2D eigenvalue weighted by Gasteiger charge is -2.27. The van der Waals surface area contributed by atoms with Crippen LogP contribution >= 0.6 is 11.3 Å². The van der Waals surface area contributed by atoms with Crippen LogP contribution in [0.1, 0.15) is 33.4 Å². The first-order valence-electron chi connectivity index (χ1n) is 11.0. The third kappa shape index (κ3) is 4.64. The Morgan fingerprint density at radius 3 is 2.59 bits per heavy atom. The largest absolute Gasteiger partial charge is 0.503 e. The summed E-state index contributed by atoms with van der Waals surface area (Å²) in [5.41, 5.74) is 1.80. The Balaban J connectivity index is 1.74. The van der Waals surface area contributed by atoms with Crippen LogP contribution in [-0.2, 0) is 4.79 Å². The molecule has 1 aliphatic rings. The first kappa shape index (κ1) is 23.8. The van der Waals surface area contributed by atoms with Crippen molar-refractivity contribution in [2.45, 2.75) is 19.4 Å². The molecule has 0 aliphatic carbocycles. The molecular formula is C26H26FN3O3S. The fraction of sp³-hybridized carbons (Fsp3) is 0.269. The second-order valence-corrected chi connectivity index (χ2v) is 9.50. The molecule has 1 atom stereocenters. The SMILES string of the molecule is Cc1nc(-c2ccccc2)sc1C(=O)C1=C(O)C(=O)N(CCCN(C)C)C1c1cccc(F)c1. The average molecular weight is 480 g/mol. The standard InChI is InChI=1S/C26H26FN3O3S/c1-16-24(34-25(28-16)17-9-5-4-6-10-17)22(31)20-21(18-11-7-12-19(27)15-18)30(26(33)23(20)32)14-8-13-29(2)3/h4-7,9-12,15,21,32H,8,13-14H2,1-3H3. The molecule has 0 saturated carbocycles. The molecule has 0 saturated heterocycles. The van der Waals surface area contributed by atoms with E-state index in [9.17, 15) is 19.1 Å². The van der Waals surface area contributed by atoms with Crippen LogP contribution in [0.5, 0.6) is 0 Å². The summed E-state index contributed by atoms with van der Waals surface area (Å²) in [5, 5.41) is 11.5. The molecular weight excluding hydrogens is 453 g/mol. The van der Waals surface area contributed by atoms with Gasteiger partial charge in [0.1, 0.15) is 10.8 Å². The lowest BCUT2D eigenvalue weighted by atomic mass is 9.95. The number of benzene rings is 2. The number of aromatic nitrogens is 1. The molecule has 1 amide bonds. The summed E-state index contributed by atoms with van der Waals surface area (Å²) < 4.78 is 14.1. The number of hydrogen-bond donors (Lipinski definition) is 1. The molecule has 0 fully saturated rings. The van der Waals surface area contributed by atoms with Crippen molar-refractivity contribution < 1.29 is 19.1 Å². The van der Waals surface area contributed by atoms with Crippen molar-refractivity contribution in [3.8, 4) is 10.6 Å². The fourth-order valence-electron chi connectivity index (χ4n) is 4.13. The number of amides is 1. The second-order valence-electron chi connectivity index (χ2n) is 8.50. The summed E-state index contributed by atoms with van der Waals surface area (Å²) in [5.74, 6) is -2.15. The van der Waals surface area contributed by atoms with Crippen LogP contribution < -0.4 is 0 Å². The number of aliphatic hydroxyl groups is 1. The molecule has 1 aliphatic heterocycles. The number of thiazole rings is 1. The number of carbonyl (C=O) groups is 2. The maximum atomic E-state index is 14.1. The molecule has 1 unspecified atom stereocenters. The van der Waals surface area contributed by atoms with Crippen molar-refractivity contribution in [3.05, 3.63) is 87.9 Å². The number of aliphatic hydroxyl groups excluding tert-OH is 1. The van der Waals surface area contributed by atoms with Gasteiger partial charge in [0.2, 0.25) is 5.78 Å². The molecule has 0 spiro atoms. The molecule has 2 heterocycles. The van der Waals surface area contributed by atoms with Gasteiger partial charge in [0, 0.05) is 12.1 Å². The maximum absolute atomic E-state index is 14.1. The second kappa shape index (κ2) is 9.87. The Bertz CT molecular complexity index is 1250. The average Bonchev–Trinajstić information content (AvgIpc) is 3.32. The van der Waals surface area contributed by atoms with Crippen molar-refractivity contribution in [3.63, 3.8) is 0 Å². The van der Waals surface area contributed by atoms with Gasteiger partial charge in [0.15, 0.2) is 5.76 Å². The fourth-order valence-corrected chi connectivity index (χ4v) is 5.16. The van der Waals surface area contributed by atoms with Crippen LogP contribution in [0.15, 0.2) is 65.9 Å². The highest BCUT2D eigenvalue weighted by Gasteiger charge is 2.44. The van der Waals surface area contributed by atoms with Crippen molar-refractivity contribution in [1.82, 2.24) is 14.8 Å². The lowest BCUT2D eigenvalue weighted by molar-refractivity contribution is -0.129. The number of Topliss-reactive ketones (excluding diaryl/α,β-unsaturated/α-hetero) is 1. The quantitative estimate of drug-likeness (QED) is 0.471. The summed E-state index contributed by atoms with van der Waals surface area (Å²) in [7, 11) is 3.86. The highest BCUT2D eigenvalue weighted by atomic mass is 32.1. The van der Waals surface area contributed by atoms with Crippen LogP contribution in [0.3, 0.4) is 0 Å². The van der Waals surface area contributed by atoms with Crippen molar-refractivity contribution >= 4 is 23.0 Å². The summed E-state index contributed by atoms with van der Waals surface area (Å²) in [4.78, 5) is 35.1. The summed E-state index contributed by atoms with van der Waals surface area (Å²) >= 11 is 1.22. The van der Waals surface area contributed by atoms with Crippen LogP contribution in [0.25, 0.3) is 10.6 Å². The zero-order chi connectivity index (χ0) is 24.4. The van der Waals surface area contributed by atoms with Crippen LogP contribution in [0.2, 0.25) is 0 Å². The first-order chi connectivity index (χ1) is 16.3. The maximum Gasteiger partial charge on any atom is 0.290 e. The van der Waals surface area contributed by atoms with Crippen LogP contribution in [0, 0.1) is 12.7 Å². The third-order valence-electron chi connectivity index (χ3n) is 5.74. The Morgan fingerprint density at radius 2 is 1.91 bits per heavy atom.